The lowest BCUT2D eigenvalue weighted by atomic mass is 10.2. The molecule has 0 spiro atoms. The SMILES string of the molecule is N#Cc1ccccc1O.c1ccsc1. The summed E-state index contributed by atoms with van der Waals surface area (Å²) in [7, 11) is 0. The fourth-order valence-corrected chi connectivity index (χ4v) is 1.25. The number of thiophene rings is 1. The highest BCUT2D eigenvalue weighted by Gasteiger charge is 1.93. The molecule has 2 aromatic rings. The van der Waals surface area contributed by atoms with E-state index in [1.165, 1.54) is 6.07 Å². The number of hydrogen-bond donors (Lipinski definition) is 1. The number of benzene rings is 1. The van der Waals surface area contributed by atoms with Gasteiger partial charge in [-0.3, -0.25) is 0 Å². The molecule has 0 aliphatic heterocycles. The van der Waals surface area contributed by atoms with Crippen LogP contribution in [-0.2, 0) is 0 Å². The largest absolute Gasteiger partial charge is 0.507 e. The van der Waals surface area contributed by atoms with Crippen LogP contribution in [0.1, 0.15) is 5.56 Å². The Morgan fingerprint density at radius 3 is 2.07 bits per heavy atom. The van der Waals surface area contributed by atoms with Crippen LogP contribution >= 0.6 is 11.3 Å². The van der Waals surface area contributed by atoms with Gasteiger partial charge >= 0.3 is 0 Å². The van der Waals surface area contributed by atoms with Gasteiger partial charge in [0.05, 0.1) is 5.56 Å². The smallest absolute Gasteiger partial charge is 0.133 e. The van der Waals surface area contributed by atoms with Crippen molar-refractivity contribution >= 4 is 11.3 Å². The molecule has 0 saturated heterocycles. The van der Waals surface area contributed by atoms with Crippen LogP contribution in [0.4, 0.5) is 0 Å². The molecule has 0 unspecified atom stereocenters. The number of para-hydroxylation sites is 1. The molecule has 1 aromatic carbocycles. The molecule has 0 radical (unpaired) electrons. The molecule has 0 amide bonds. The average Bonchev–Trinajstić information content (AvgIpc) is 2.76. The van der Waals surface area contributed by atoms with Crippen LogP contribution < -0.4 is 0 Å². The number of aromatic hydroxyl groups is 1. The van der Waals surface area contributed by atoms with Gasteiger partial charge in [-0.05, 0) is 22.9 Å². The maximum absolute atomic E-state index is 8.89. The van der Waals surface area contributed by atoms with Crippen LogP contribution in [0.3, 0.4) is 0 Å². The summed E-state index contributed by atoms with van der Waals surface area (Å²) >= 11 is 1.71. The van der Waals surface area contributed by atoms with E-state index >= 15 is 0 Å². The van der Waals surface area contributed by atoms with Crippen molar-refractivity contribution in [2.24, 2.45) is 0 Å². The fraction of sp³-hybridized carbons (Fsp3) is 0. The first-order valence-corrected chi connectivity index (χ1v) is 4.94. The van der Waals surface area contributed by atoms with Crippen molar-refractivity contribution < 1.29 is 5.11 Å². The number of phenolic OH excluding ortho intramolecular Hbond substituents is 1. The second-order valence-electron chi connectivity index (χ2n) is 2.42. The minimum Gasteiger partial charge on any atom is -0.507 e. The summed E-state index contributed by atoms with van der Waals surface area (Å²) in [6.45, 7) is 0. The molecular formula is C11H9NOS. The Balaban J connectivity index is 0.000000165. The van der Waals surface area contributed by atoms with Gasteiger partial charge in [0, 0.05) is 0 Å². The van der Waals surface area contributed by atoms with Crippen molar-refractivity contribution in [1.82, 2.24) is 0 Å². The Morgan fingerprint density at radius 1 is 1.07 bits per heavy atom. The van der Waals surface area contributed by atoms with E-state index in [2.05, 4.69) is 0 Å². The highest BCUT2D eigenvalue weighted by molar-refractivity contribution is 7.07. The molecule has 2 rings (SSSR count). The summed E-state index contributed by atoms with van der Waals surface area (Å²) in [6.07, 6.45) is 0. The lowest BCUT2D eigenvalue weighted by Crippen LogP contribution is -1.71. The molecule has 14 heavy (non-hydrogen) atoms. The van der Waals surface area contributed by atoms with Gasteiger partial charge in [0.2, 0.25) is 0 Å². The molecule has 1 aromatic heterocycles. The summed E-state index contributed by atoms with van der Waals surface area (Å²) in [5, 5.41) is 21.3. The van der Waals surface area contributed by atoms with Crippen molar-refractivity contribution in [3.63, 3.8) is 0 Å². The quantitative estimate of drug-likeness (QED) is 0.715. The van der Waals surface area contributed by atoms with Gasteiger partial charge in [0.25, 0.3) is 0 Å². The topological polar surface area (TPSA) is 44.0 Å². The molecular weight excluding hydrogens is 194 g/mol. The van der Waals surface area contributed by atoms with E-state index < -0.39 is 0 Å². The first-order chi connectivity index (χ1) is 6.84. The highest BCUT2D eigenvalue weighted by atomic mass is 32.1. The van der Waals surface area contributed by atoms with Gasteiger partial charge in [-0.2, -0.15) is 16.6 Å². The standard InChI is InChI=1S/C7H5NO.C4H4S/c8-5-6-3-1-2-4-7(6)9;1-2-4-5-3-1/h1-4,9H;1-4H. The molecule has 0 saturated carbocycles. The lowest BCUT2D eigenvalue weighted by Gasteiger charge is -1.89. The first-order valence-electron chi connectivity index (χ1n) is 4.00. The summed E-state index contributed by atoms with van der Waals surface area (Å²) in [4.78, 5) is 0. The molecule has 0 fully saturated rings. The number of rotatable bonds is 0. The van der Waals surface area contributed by atoms with Crippen LogP contribution in [0.15, 0.2) is 47.2 Å². The minimum absolute atomic E-state index is 0.0417. The summed E-state index contributed by atoms with van der Waals surface area (Å²) in [6, 6.07) is 12.3. The second kappa shape index (κ2) is 5.79. The molecule has 0 aliphatic rings. The Hall–Kier alpha value is -1.79. The van der Waals surface area contributed by atoms with Crippen molar-refractivity contribution in [2.75, 3.05) is 0 Å². The average molecular weight is 203 g/mol. The zero-order valence-electron chi connectivity index (χ0n) is 7.42. The normalized spacial score (nSPS) is 8.21. The third kappa shape index (κ3) is 3.30. The Kier molecular flexibility index (Phi) is 4.25. The van der Waals surface area contributed by atoms with Crippen molar-refractivity contribution in [3.05, 3.63) is 52.7 Å². The Labute approximate surface area is 86.7 Å². The zero-order chi connectivity index (χ0) is 10.2. The Morgan fingerprint density at radius 2 is 1.71 bits per heavy atom. The van der Waals surface area contributed by atoms with Crippen molar-refractivity contribution in [3.8, 4) is 11.8 Å². The summed E-state index contributed by atoms with van der Waals surface area (Å²) in [5.41, 5.74) is 0.317. The van der Waals surface area contributed by atoms with Crippen LogP contribution in [-0.4, -0.2) is 5.11 Å². The zero-order valence-corrected chi connectivity index (χ0v) is 8.24. The molecule has 0 atom stereocenters. The van der Waals surface area contributed by atoms with Crippen molar-refractivity contribution in [2.45, 2.75) is 0 Å². The van der Waals surface area contributed by atoms with Crippen LogP contribution in [0.25, 0.3) is 0 Å². The van der Waals surface area contributed by atoms with Crippen LogP contribution in [0.2, 0.25) is 0 Å². The third-order valence-electron chi connectivity index (χ3n) is 1.45. The summed E-state index contributed by atoms with van der Waals surface area (Å²) < 4.78 is 0. The maximum atomic E-state index is 8.89. The summed E-state index contributed by atoms with van der Waals surface area (Å²) in [5.74, 6) is 0.0417. The predicted molar refractivity (Wildman–Crippen MR) is 57.1 cm³/mol. The van der Waals surface area contributed by atoms with E-state index in [9.17, 15) is 0 Å². The lowest BCUT2D eigenvalue weighted by molar-refractivity contribution is 0.473. The van der Waals surface area contributed by atoms with E-state index in [1.54, 1.807) is 29.5 Å². The number of nitriles is 1. The minimum atomic E-state index is 0.0417. The second-order valence-corrected chi connectivity index (χ2v) is 3.24. The van der Waals surface area contributed by atoms with Crippen LogP contribution in [0, 0.1) is 11.3 Å². The molecule has 0 bridgehead atoms. The molecule has 70 valence electrons. The van der Waals surface area contributed by atoms with Gasteiger partial charge in [-0.15, -0.1) is 0 Å². The van der Waals surface area contributed by atoms with Crippen LogP contribution in [0.5, 0.6) is 5.75 Å². The number of phenols is 1. The monoisotopic (exact) mass is 203 g/mol. The molecule has 0 aliphatic carbocycles. The van der Waals surface area contributed by atoms with Gasteiger partial charge in [-0.1, -0.05) is 24.3 Å². The molecule has 3 heteroatoms. The fourth-order valence-electron chi connectivity index (χ4n) is 0.795. The van der Waals surface area contributed by atoms with E-state index in [4.69, 9.17) is 10.4 Å². The van der Waals surface area contributed by atoms with Crippen molar-refractivity contribution in [1.29, 1.82) is 5.26 Å². The molecule has 1 N–H and O–H groups in total. The van der Waals surface area contributed by atoms with Gasteiger partial charge in [-0.25, -0.2) is 0 Å². The highest BCUT2D eigenvalue weighted by Crippen LogP contribution is 2.12. The van der Waals surface area contributed by atoms with Gasteiger partial charge in [0.1, 0.15) is 11.8 Å². The third-order valence-corrected chi connectivity index (χ3v) is 2.08. The first kappa shape index (κ1) is 10.3. The Bertz CT molecular complexity index is 386. The van der Waals surface area contributed by atoms with E-state index in [1.807, 2.05) is 29.0 Å². The molecule has 1 heterocycles. The maximum Gasteiger partial charge on any atom is 0.133 e. The molecule has 2 nitrogen and oxygen atoms in total. The number of hydrogen-bond acceptors (Lipinski definition) is 3. The van der Waals surface area contributed by atoms with Gasteiger partial charge in [0.15, 0.2) is 0 Å². The van der Waals surface area contributed by atoms with E-state index in [0.717, 1.165) is 0 Å². The van der Waals surface area contributed by atoms with E-state index in [0.29, 0.717) is 5.56 Å². The predicted octanol–water partition coefficient (Wildman–Crippen LogP) is 3.01. The number of nitrogens with zero attached hydrogens (tertiary/aromatic N) is 1. The van der Waals surface area contributed by atoms with Gasteiger partial charge < -0.3 is 5.11 Å². The van der Waals surface area contributed by atoms with E-state index in [-0.39, 0.29) is 5.75 Å².